The highest BCUT2D eigenvalue weighted by molar-refractivity contribution is 5.88. The smallest absolute Gasteiger partial charge is 0.393 e. The van der Waals surface area contributed by atoms with Crippen molar-refractivity contribution in [3.63, 3.8) is 0 Å². The van der Waals surface area contributed by atoms with Gasteiger partial charge in [0, 0.05) is 5.39 Å². The van der Waals surface area contributed by atoms with E-state index in [0.717, 1.165) is 16.3 Å². The summed E-state index contributed by atoms with van der Waals surface area (Å²) in [5, 5.41) is 13.6. The number of rotatable bonds is 6. The molecule has 0 radical (unpaired) electrons. The highest BCUT2D eigenvalue weighted by Gasteiger charge is 2.27. The third-order valence-corrected chi connectivity index (χ3v) is 4.66. The highest BCUT2D eigenvalue weighted by atomic mass is 16.6. The van der Waals surface area contributed by atoms with Gasteiger partial charge in [-0.3, -0.25) is 10.1 Å². The van der Waals surface area contributed by atoms with Gasteiger partial charge in [0.1, 0.15) is 17.8 Å². The molecule has 0 amide bonds. The summed E-state index contributed by atoms with van der Waals surface area (Å²) in [6, 6.07) is 20.4. The van der Waals surface area contributed by atoms with E-state index in [0.29, 0.717) is 17.4 Å². The van der Waals surface area contributed by atoms with Crippen LogP contribution in [-0.4, -0.2) is 14.9 Å². The summed E-state index contributed by atoms with van der Waals surface area (Å²) < 4.78 is 11.5. The molecule has 7 heteroatoms. The number of ether oxygens (including phenoxy) is 2. The zero-order valence-corrected chi connectivity index (χ0v) is 16.5. The Kier molecular flexibility index (Phi) is 5.26. The van der Waals surface area contributed by atoms with Crippen molar-refractivity contribution in [1.29, 1.82) is 0 Å². The van der Waals surface area contributed by atoms with Gasteiger partial charge in [-0.1, -0.05) is 62.4 Å². The Morgan fingerprint density at radius 2 is 1.53 bits per heavy atom. The van der Waals surface area contributed by atoms with E-state index in [9.17, 15) is 10.1 Å². The predicted molar refractivity (Wildman–Crippen MR) is 113 cm³/mol. The first-order valence-corrected chi connectivity index (χ1v) is 9.45. The number of fused-ring (bicyclic) bond motifs is 1. The number of nitrogens with zero attached hydrogens (tertiary/aromatic N) is 3. The van der Waals surface area contributed by atoms with Gasteiger partial charge in [0.05, 0.1) is 4.92 Å². The van der Waals surface area contributed by atoms with E-state index < -0.39 is 10.6 Å². The zero-order chi connectivity index (χ0) is 21.1. The highest BCUT2D eigenvalue weighted by Crippen LogP contribution is 2.39. The SMILES string of the molecule is CC(C)c1ccc(Oc2ncnc(Oc3cccc4ccccc34)c2[N+](=O)[O-])cc1. The molecule has 4 rings (SSSR count). The molecule has 1 aromatic heterocycles. The van der Waals surface area contributed by atoms with Crippen LogP contribution < -0.4 is 9.47 Å². The molecule has 0 spiro atoms. The normalized spacial score (nSPS) is 10.9. The lowest BCUT2D eigenvalue weighted by atomic mass is 10.0. The fourth-order valence-corrected chi connectivity index (χ4v) is 3.07. The minimum atomic E-state index is -0.599. The van der Waals surface area contributed by atoms with Crippen molar-refractivity contribution in [3.05, 3.63) is 88.7 Å². The van der Waals surface area contributed by atoms with E-state index >= 15 is 0 Å². The third-order valence-electron chi connectivity index (χ3n) is 4.66. The van der Waals surface area contributed by atoms with Gasteiger partial charge < -0.3 is 9.47 Å². The maximum atomic E-state index is 11.8. The fraction of sp³-hybridized carbons (Fsp3) is 0.130. The minimum absolute atomic E-state index is 0.178. The van der Waals surface area contributed by atoms with Gasteiger partial charge in [-0.25, -0.2) is 0 Å². The van der Waals surface area contributed by atoms with Crippen LogP contribution in [0.4, 0.5) is 5.69 Å². The Morgan fingerprint density at radius 3 is 2.23 bits per heavy atom. The Balaban J connectivity index is 1.70. The van der Waals surface area contributed by atoms with Gasteiger partial charge in [-0.15, -0.1) is 0 Å². The Morgan fingerprint density at radius 1 is 0.867 bits per heavy atom. The summed E-state index contributed by atoms with van der Waals surface area (Å²) >= 11 is 0. The summed E-state index contributed by atoms with van der Waals surface area (Å²) in [6.07, 6.45) is 1.19. The summed E-state index contributed by atoms with van der Waals surface area (Å²) in [7, 11) is 0. The molecule has 4 aromatic rings. The van der Waals surface area contributed by atoms with Crippen LogP contribution in [0.15, 0.2) is 73.1 Å². The first-order valence-electron chi connectivity index (χ1n) is 9.45. The maximum Gasteiger partial charge on any atom is 0.393 e. The topological polar surface area (TPSA) is 87.4 Å². The first kappa shape index (κ1) is 19.3. The van der Waals surface area contributed by atoms with Crippen LogP contribution in [0, 0.1) is 10.1 Å². The van der Waals surface area contributed by atoms with Crippen molar-refractivity contribution in [1.82, 2.24) is 9.97 Å². The quantitative estimate of drug-likeness (QED) is 0.280. The summed E-state index contributed by atoms with van der Waals surface area (Å²) in [5.41, 5.74) is 0.706. The zero-order valence-electron chi connectivity index (χ0n) is 16.5. The van der Waals surface area contributed by atoms with Gasteiger partial charge in [0.15, 0.2) is 0 Å². The van der Waals surface area contributed by atoms with E-state index in [1.165, 1.54) is 6.33 Å². The summed E-state index contributed by atoms with van der Waals surface area (Å²) in [4.78, 5) is 19.1. The van der Waals surface area contributed by atoms with Crippen molar-refractivity contribution in [2.75, 3.05) is 0 Å². The molecule has 0 atom stereocenters. The number of benzene rings is 3. The van der Waals surface area contributed by atoms with Crippen molar-refractivity contribution in [2.45, 2.75) is 19.8 Å². The second-order valence-electron chi connectivity index (χ2n) is 6.99. The first-order chi connectivity index (χ1) is 14.5. The average molecular weight is 401 g/mol. The Labute approximate surface area is 173 Å². The molecule has 0 saturated carbocycles. The average Bonchev–Trinajstić information content (AvgIpc) is 2.74. The molecule has 3 aromatic carbocycles. The third kappa shape index (κ3) is 3.91. The van der Waals surface area contributed by atoms with Gasteiger partial charge in [-0.2, -0.15) is 9.97 Å². The predicted octanol–water partition coefficient (Wildman–Crippen LogP) is 6.25. The largest absolute Gasteiger partial charge is 0.433 e. The molecule has 0 aliphatic rings. The lowest BCUT2D eigenvalue weighted by Gasteiger charge is -2.11. The second kappa shape index (κ2) is 8.16. The standard InChI is InChI=1S/C23H19N3O4/c1-15(2)16-10-12-18(13-11-16)29-22-21(26(27)28)23(25-14-24-22)30-20-9-5-7-17-6-3-4-8-19(17)20/h3-15H,1-2H3. The van der Waals surface area contributed by atoms with E-state index in [4.69, 9.17) is 9.47 Å². The fourth-order valence-electron chi connectivity index (χ4n) is 3.07. The molecule has 7 nitrogen and oxygen atoms in total. The van der Waals surface area contributed by atoms with Gasteiger partial charge in [-0.05, 0) is 35.1 Å². The van der Waals surface area contributed by atoms with Crippen LogP contribution in [-0.2, 0) is 0 Å². The molecular weight excluding hydrogens is 382 g/mol. The van der Waals surface area contributed by atoms with Crippen molar-refractivity contribution in [2.24, 2.45) is 0 Å². The molecule has 0 aliphatic heterocycles. The minimum Gasteiger partial charge on any atom is -0.433 e. The molecule has 0 unspecified atom stereocenters. The monoisotopic (exact) mass is 401 g/mol. The van der Waals surface area contributed by atoms with Crippen LogP contribution in [0.3, 0.4) is 0 Å². The van der Waals surface area contributed by atoms with Crippen LogP contribution in [0.1, 0.15) is 25.3 Å². The van der Waals surface area contributed by atoms with E-state index in [-0.39, 0.29) is 11.8 Å². The molecule has 150 valence electrons. The molecule has 30 heavy (non-hydrogen) atoms. The molecule has 1 heterocycles. The lowest BCUT2D eigenvalue weighted by molar-refractivity contribution is -0.387. The van der Waals surface area contributed by atoms with Crippen molar-refractivity contribution < 1.29 is 14.4 Å². The van der Waals surface area contributed by atoms with E-state index in [2.05, 4.69) is 23.8 Å². The molecule has 0 N–H and O–H groups in total. The molecule has 0 saturated heterocycles. The van der Waals surface area contributed by atoms with Crippen LogP contribution in [0.25, 0.3) is 10.8 Å². The molecule has 0 aliphatic carbocycles. The summed E-state index contributed by atoms with van der Waals surface area (Å²) in [5.74, 6) is 0.912. The Hall–Kier alpha value is -4.00. The van der Waals surface area contributed by atoms with Crippen LogP contribution >= 0.6 is 0 Å². The second-order valence-corrected chi connectivity index (χ2v) is 6.99. The van der Waals surface area contributed by atoms with Gasteiger partial charge in [0.25, 0.3) is 0 Å². The number of hydrogen-bond acceptors (Lipinski definition) is 6. The van der Waals surface area contributed by atoms with Crippen LogP contribution in [0.5, 0.6) is 23.3 Å². The number of hydrogen-bond donors (Lipinski definition) is 0. The van der Waals surface area contributed by atoms with Gasteiger partial charge >= 0.3 is 17.4 Å². The Bertz CT molecular complexity index is 1200. The lowest BCUT2D eigenvalue weighted by Crippen LogP contribution is -2.01. The van der Waals surface area contributed by atoms with Crippen molar-refractivity contribution >= 4 is 16.5 Å². The van der Waals surface area contributed by atoms with E-state index in [1.807, 2.05) is 48.5 Å². The maximum absolute atomic E-state index is 11.8. The van der Waals surface area contributed by atoms with Crippen molar-refractivity contribution in [3.8, 4) is 23.3 Å². The van der Waals surface area contributed by atoms with E-state index in [1.54, 1.807) is 18.2 Å². The molecular formula is C23H19N3O4. The van der Waals surface area contributed by atoms with Gasteiger partial charge in [0.2, 0.25) is 0 Å². The van der Waals surface area contributed by atoms with Crippen LogP contribution in [0.2, 0.25) is 0 Å². The number of nitro groups is 1. The summed E-state index contributed by atoms with van der Waals surface area (Å²) in [6.45, 7) is 4.17. The molecule has 0 fully saturated rings. The molecule has 0 bridgehead atoms. The number of aromatic nitrogens is 2.